The molecule has 0 aromatic heterocycles. The lowest BCUT2D eigenvalue weighted by Gasteiger charge is -2.17. The minimum absolute atomic E-state index is 0.0552. The lowest BCUT2D eigenvalue weighted by Crippen LogP contribution is -2.12. The highest BCUT2D eigenvalue weighted by atomic mass is 79.9. The molecular weight excluding hydrogens is 448 g/mol. The summed E-state index contributed by atoms with van der Waals surface area (Å²) in [5, 5.41) is 19.2. The van der Waals surface area contributed by atoms with Gasteiger partial charge in [-0.25, -0.2) is 0 Å². The van der Waals surface area contributed by atoms with Gasteiger partial charge in [-0.15, -0.1) is 0 Å². The van der Waals surface area contributed by atoms with E-state index in [1.807, 2.05) is 12.2 Å². The number of aromatic hydroxyl groups is 2. The summed E-state index contributed by atoms with van der Waals surface area (Å²) in [6.45, 7) is 0. The fourth-order valence-corrected chi connectivity index (χ4v) is 3.60. The van der Waals surface area contributed by atoms with Gasteiger partial charge in [0.15, 0.2) is 5.78 Å². The van der Waals surface area contributed by atoms with Crippen LogP contribution in [-0.4, -0.2) is 16.0 Å². The summed E-state index contributed by atoms with van der Waals surface area (Å²) in [7, 11) is 0. The quantitative estimate of drug-likeness (QED) is 0.549. The molecule has 0 spiro atoms. The molecule has 5 heteroatoms. The third kappa shape index (κ3) is 4.22. The van der Waals surface area contributed by atoms with Crippen LogP contribution in [0.5, 0.6) is 11.5 Å². The first-order chi connectivity index (χ1) is 11.9. The molecule has 3 rings (SSSR count). The average Bonchev–Trinajstić information content (AvgIpc) is 2.58. The zero-order chi connectivity index (χ0) is 18.0. The molecule has 0 aliphatic heterocycles. The number of ketones is 1. The molecule has 1 aliphatic rings. The molecule has 0 bridgehead atoms. The van der Waals surface area contributed by atoms with Crippen molar-refractivity contribution in [1.29, 1.82) is 0 Å². The van der Waals surface area contributed by atoms with Crippen molar-refractivity contribution in [2.24, 2.45) is 0 Å². The number of carbonyl (C=O) groups is 1. The Morgan fingerprint density at radius 1 is 0.800 bits per heavy atom. The molecule has 2 aromatic rings. The van der Waals surface area contributed by atoms with Crippen LogP contribution >= 0.6 is 31.9 Å². The molecule has 2 aromatic carbocycles. The third-order valence-corrected chi connectivity index (χ3v) is 5.37. The monoisotopic (exact) mass is 462 g/mol. The Kier molecular flexibility index (Phi) is 5.45. The molecule has 3 nitrogen and oxygen atoms in total. The number of allylic oxidation sites excluding steroid dienone is 2. The molecule has 0 amide bonds. The molecule has 25 heavy (non-hydrogen) atoms. The summed E-state index contributed by atoms with van der Waals surface area (Å²) >= 11 is 6.59. The number of phenols is 2. The fourth-order valence-electron chi connectivity index (χ4n) is 2.81. The number of benzene rings is 2. The van der Waals surface area contributed by atoms with Crippen LogP contribution in [0.2, 0.25) is 0 Å². The van der Waals surface area contributed by atoms with Gasteiger partial charge in [0.2, 0.25) is 0 Å². The number of carbonyl (C=O) groups excluding carboxylic acids is 1. The standard InChI is InChI=1S/C20H16Br2O3/c21-16-10-12(4-6-18(16)23)8-14-2-1-3-15(20(14)25)9-13-5-7-19(24)17(22)11-13/h4-11,23-24H,1-3H2/b14-8-,15-9-. The number of rotatable bonds is 2. The van der Waals surface area contributed by atoms with Crippen LogP contribution in [0.4, 0.5) is 0 Å². The predicted molar refractivity (Wildman–Crippen MR) is 106 cm³/mol. The maximum absolute atomic E-state index is 12.8. The number of halogens is 2. The number of Topliss-reactive ketones (excluding diaryl/α,β-unsaturated/α-hetero) is 1. The zero-order valence-electron chi connectivity index (χ0n) is 13.3. The minimum Gasteiger partial charge on any atom is -0.507 e. The van der Waals surface area contributed by atoms with Crippen LogP contribution in [0, 0.1) is 0 Å². The van der Waals surface area contributed by atoms with E-state index in [0.717, 1.165) is 41.5 Å². The van der Waals surface area contributed by atoms with Gasteiger partial charge in [-0.05, 0) is 98.7 Å². The molecule has 0 unspecified atom stereocenters. The van der Waals surface area contributed by atoms with Gasteiger partial charge in [0, 0.05) is 11.1 Å². The Hall–Kier alpha value is -1.85. The van der Waals surface area contributed by atoms with E-state index in [-0.39, 0.29) is 17.3 Å². The van der Waals surface area contributed by atoms with Crippen LogP contribution < -0.4 is 0 Å². The van der Waals surface area contributed by atoms with Crippen molar-refractivity contribution in [2.45, 2.75) is 19.3 Å². The number of hydrogen-bond donors (Lipinski definition) is 2. The Morgan fingerprint density at radius 2 is 1.24 bits per heavy atom. The molecule has 0 atom stereocenters. The number of hydrogen-bond acceptors (Lipinski definition) is 3. The van der Waals surface area contributed by atoms with Gasteiger partial charge in [0.1, 0.15) is 11.5 Å². The first-order valence-electron chi connectivity index (χ1n) is 7.87. The van der Waals surface area contributed by atoms with E-state index in [0.29, 0.717) is 8.95 Å². The Bertz CT molecular complexity index is 826. The van der Waals surface area contributed by atoms with Crippen molar-refractivity contribution in [2.75, 3.05) is 0 Å². The average molecular weight is 464 g/mol. The second-order valence-corrected chi connectivity index (χ2v) is 7.65. The van der Waals surface area contributed by atoms with Gasteiger partial charge in [-0.1, -0.05) is 12.1 Å². The normalized spacial score (nSPS) is 18.1. The maximum atomic E-state index is 12.8. The van der Waals surface area contributed by atoms with Crippen LogP contribution in [0.3, 0.4) is 0 Å². The van der Waals surface area contributed by atoms with E-state index < -0.39 is 0 Å². The van der Waals surface area contributed by atoms with Crippen molar-refractivity contribution in [3.8, 4) is 11.5 Å². The number of phenolic OH excluding ortho intramolecular Hbond substituents is 2. The van der Waals surface area contributed by atoms with Gasteiger partial charge < -0.3 is 10.2 Å². The van der Waals surface area contributed by atoms with Crippen LogP contribution in [0.25, 0.3) is 12.2 Å². The highest BCUT2D eigenvalue weighted by molar-refractivity contribution is 9.10. The van der Waals surface area contributed by atoms with E-state index in [2.05, 4.69) is 31.9 Å². The molecular formula is C20H16Br2O3. The molecule has 1 aliphatic carbocycles. The summed E-state index contributed by atoms with van der Waals surface area (Å²) in [6.07, 6.45) is 6.17. The fraction of sp³-hybridized carbons (Fsp3) is 0.150. The van der Waals surface area contributed by atoms with Crippen molar-refractivity contribution >= 4 is 49.8 Å². The van der Waals surface area contributed by atoms with Crippen molar-refractivity contribution in [1.82, 2.24) is 0 Å². The minimum atomic E-state index is 0.0552. The molecule has 0 saturated heterocycles. The second-order valence-electron chi connectivity index (χ2n) is 5.94. The van der Waals surface area contributed by atoms with Gasteiger partial charge in [0.25, 0.3) is 0 Å². The molecule has 128 valence electrons. The molecule has 2 N–H and O–H groups in total. The summed E-state index contributed by atoms with van der Waals surface area (Å²) in [6, 6.07) is 10.4. The van der Waals surface area contributed by atoms with Gasteiger partial charge in [-0.3, -0.25) is 4.79 Å². The van der Waals surface area contributed by atoms with E-state index in [1.54, 1.807) is 36.4 Å². The third-order valence-electron chi connectivity index (χ3n) is 4.10. The lowest BCUT2D eigenvalue weighted by molar-refractivity contribution is -0.112. The Labute approximate surface area is 163 Å². The molecule has 0 heterocycles. The van der Waals surface area contributed by atoms with Crippen LogP contribution in [0.1, 0.15) is 30.4 Å². The Balaban J connectivity index is 1.89. The lowest BCUT2D eigenvalue weighted by atomic mass is 9.87. The molecule has 0 radical (unpaired) electrons. The van der Waals surface area contributed by atoms with Crippen molar-refractivity contribution in [3.63, 3.8) is 0 Å². The smallest absolute Gasteiger partial charge is 0.185 e. The highest BCUT2D eigenvalue weighted by Crippen LogP contribution is 2.31. The summed E-state index contributed by atoms with van der Waals surface area (Å²) in [5.74, 6) is 0.408. The van der Waals surface area contributed by atoms with Gasteiger partial charge >= 0.3 is 0 Å². The summed E-state index contributed by atoms with van der Waals surface area (Å²) in [5.41, 5.74) is 3.30. The molecule has 1 fully saturated rings. The van der Waals surface area contributed by atoms with E-state index in [4.69, 9.17) is 0 Å². The largest absolute Gasteiger partial charge is 0.507 e. The topological polar surface area (TPSA) is 57.5 Å². The first kappa shape index (κ1) is 18.0. The molecule has 1 saturated carbocycles. The highest BCUT2D eigenvalue weighted by Gasteiger charge is 2.20. The predicted octanol–water partition coefficient (Wildman–Crippen LogP) is 5.84. The van der Waals surface area contributed by atoms with Crippen molar-refractivity contribution in [3.05, 3.63) is 67.6 Å². The van der Waals surface area contributed by atoms with Gasteiger partial charge in [0.05, 0.1) is 8.95 Å². The van der Waals surface area contributed by atoms with Crippen LogP contribution in [0.15, 0.2) is 56.5 Å². The van der Waals surface area contributed by atoms with Crippen LogP contribution in [-0.2, 0) is 4.79 Å². The zero-order valence-corrected chi connectivity index (χ0v) is 16.5. The van der Waals surface area contributed by atoms with Crippen molar-refractivity contribution < 1.29 is 15.0 Å². The maximum Gasteiger partial charge on any atom is 0.185 e. The van der Waals surface area contributed by atoms with E-state index in [1.165, 1.54) is 0 Å². The first-order valence-corrected chi connectivity index (χ1v) is 9.45. The van der Waals surface area contributed by atoms with E-state index >= 15 is 0 Å². The second kappa shape index (κ2) is 7.58. The summed E-state index contributed by atoms with van der Waals surface area (Å²) in [4.78, 5) is 12.8. The van der Waals surface area contributed by atoms with E-state index in [9.17, 15) is 15.0 Å². The Morgan fingerprint density at radius 3 is 1.64 bits per heavy atom. The van der Waals surface area contributed by atoms with Gasteiger partial charge in [-0.2, -0.15) is 0 Å². The summed E-state index contributed by atoms with van der Waals surface area (Å²) < 4.78 is 1.21. The SMILES string of the molecule is O=C1/C(=C\c2ccc(O)c(Br)c2)CCC/C1=C/c1ccc(O)c(Br)c1.